The Balaban J connectivity index is 0.000000206. The summed E-state index contributed by atoms with van der Waals surface area (Å²) in [5, 5.41) is 7.28. The molecule has 220 valence electrons. The molecule has 9 aromatic rings. The molecule has 2 nitrogen and oxygen atoms in total. The molecule has 0 bridgehead atoms. The SMILES string of the molecule is [K+].[K+].[c-]1cccc2ccccc12.[c-]1ccccc1.c1ccc(N(c2ccc3[n-]c4ccccc4c3c2)c2cccc3ccccc23)cc1. The van der Waals surface area contributed by atoms with Gasteiger partial charge >= 0.3 is 103 Å². The molecule has 9 rings (SSSR count). The zero-order valence-electron chi connectivity index (χ0n) is 27.3. The molecule has 0 aliphatic rings. The Kier molecular flexibility index (Phi) is 13.8. The minimum absolute atomic E-state index is 0. The summed E-state index contributed by atoms with van der Waals surface area (Å²) in [5.41, 5.74) is 5.51. The second kappa shape index (κ2) is 18.2. The van der Waals surface area contributed by atoms with Crippen molar-refractivity contribution >= 4 is 60.4 Å². The van der Waals surface area contributed by atoms with E-state index >= 15 is 0 Å². The summed E-state index contributed by atoms with van der Waals surface area (Å²) in [6.07, 6.45) is 0. The van der Waals surface area contributed by atoms with E-state index in [4.69, 9.17) is 4.98 Å². The Bertz CT molecular complexity index is 2240. The zero-order valence-corrected chi connectivity index (χ0v) is 33.5. The van der Waals surface area contributed by atoms with Crippen molar-refractivity contribution in [3.63, 3.8) is 0 Å². The largest absolute Gasteiger partial charge is 1.00 e. The van der Waals surface area contributed by atoms with Gasteiger partial charge in [-0.1, -0.05) is 97.1 Å². The molecule has 0 atom stereocenters. The monoisotopic (exact) mass is 665 g/mol. The molecule has 48 heavy (non-hydrogen) atoms. The van der Waals surface area contributed by atoms with Gasteiger partial charge in [0.15, 0.2) is 0 Å². The van der Waals surface area contributed by atoms with E-state index in [2.05, 4.69) is 144 Å². The van der Waals surface area contributed by atoms with E-state index in [9.17, 15) is 0 Å². The number of benzene rings is 8. The fourth-order valence-electron chi connectivity index (χ4n) is 5.72. The molecule has 1 heterocycles. The van der Waals surface area contributed by atoms with Crippen molar-refractivity contribution in [3.8, 4) is 0 Å². The first kappa shape index (κ1) is 36.4. The molecule has 0 N–H and O–H groups in total. The molecule has 0 unspecified atom stereocenters. The Morgan fingerprint density at radius 2 is 1.04 bits per heavy atom. The van der Waals surface area contributed by atoms with Crippen LogP contribution in [0.3, 0.4) is 0 Å². The average molecular weight is 666 g/mol. The van der Waals surface area contributed by atoms with Gasteiger partial charge in [-0.2, -0.15) is 36.4 Å². The zero-order chi connectivity index (χ0) is 31.0. The van der Waals surface area contributed by atoms with Crippen molar-refractivity contribution in [1.82, 2.24) is 4.98 Å². The molecular formula is C44H31K2N2-. The smallest absolute Gasteiger partial charge is 0.657 e. The predicted molar refractivity (Wildman–Crippen MR) is 195 cm³/mol. The fraction of sp³-hybridized carbons (Fsp3) is 0. The average Bonchev–Trinajstić information content (AvgIpc) is 3.52. The fourth-order valence-corrected chi connectivity index (χ4v) is 5.72. The molecule has 0 spiro atoms. The second-order valence-corrected chi connectivity index (χ2v) is 10.8. The Labute approximate surface area is 367 Å². The number of anilines is 3. The normalized spacial score (nSPS) is 10.2. The van der Waals surface area contributed by atoms with Gasteiger partial charge in [0.05, 0.1) is 5.69 Å². The first-order valence-corrected chi connectivity index (χ1v) is 15.4. The van der Waals surface area contributed by atoms with Gasteiger partial charge in [0.2, 0.25) is 0 Å². The van der Waals surface area contributed by atoms with Gasteiger partial charge in [0.25, 0.3) is 0 Å². The second-order valence-electron chi connectivity index (χ2n) is 10.8. The van der Waals surface area contributed by atoms with Gasteiger partial charge in [-0.05, 0) is 46.5 Å². The maximum Gasteiger partial charge on any atom is 1.00 e. The third-order valence-corrected chi connectivity index (χ3v) is 7.87. The van der Waals surface area contributed by atoms with Crippen LogP contribution in [0.2, 0.25) is 0 Å². The van der Waals surface area contributed by atoms with Gasteiger partial charge < -0.3 is 9.88 Å². The standard InChI is InChI=1S/C28H19N2.C10H7.C6H5.2K/c1-2-11-21(12-3-1)30(28-16-8-10-20-9-4-5-13-23(20)28)22-17-18-27-25(19-22)24-14-6-7-15-26(24)29-27;1-2-6-10-8-4-3-7-9(10)5-1;1-2-4-6-5-3-1;;/h1-19H;1-7H;1-5H;;/q3*-1;2*+1. The van der Waals surface area contributed by atoms with Crippen molar-refractivity contribution in [3.05, 3.63) is 200 Å². The van der Waals surface area contributed by atoms with Crippen molar-refractivity contribution < 1.29 is 103 Å². The number of hydrogen-bond acceptors (Lipinski definition) is 1. The van der Waals surface area contributed by atoms with Gasteiger partial charge in [-0.25, -0.2) is 0 Å². The molecule has 0 aliphatic carbocycles. The van der Waals surface area contributed by atoms with Crippen LogP contribution in [-0.2, 0) is 0 Å². The quantitative estimate of drug-likeness (QED) is 0.178. The van der Waals surface area contributed by atoms with Crippen molar-refractivity contribution in [1.29, 1.82) is 0 Å². The van der Waals surface area contributed by atoms with E-state index in [1.54, 1.807) is 0 Å². The summed E-state index contributed by atoms with van der Waals surface area (Å²) in [4.78, 5) is 7.13. The van der Waals surface area contributed by atoms with E-state index < -0.39 is 0 Å². The summed E-state index contributed by atoms with van der Waals surface area (Å²) in [7, 11) is 0. The molecule has 0 amide bonds. The molecular weight excluding hydrogens is 635 g/mol. The van der Waals surface area contributed by atoms with Crippen molar-refractivity contribution in [2.75, 3.05) is 4.90 Å². The molecule has 8 aromatic carbocycles. The Morgan fingerprint density at radius 1 is 0.417 bits per heavy atom. The molecule has 0 saturated heterocycles. The third-order valence-electron chi connectivity index (χ3n) is 7.87. The number of aromatic nitrogens is 1. The molecule has 0 aliphatic heterocycles. The number of fused-ring (bicyclic) bond motifs is 5. The van der Waals surface area contributed by atoms with Crippen LogP contribution in [0.25, 0.3) is 43.4 Å². The van der Waals surface area contributed by atoms with Crippen LogP contribution in [-0.4, -0.2) is 0 Å². The molecule has 1 aromatic heterocycles. The van der Waals surface area contributed by atoms with Crippen LogP contribution in [0.4, 0.5) is 17.1 Å². The summed E-state index contributed by atoms with van der Waals surface area (Å²) >= 11 is 0. The molecule has 0 saturated carbocycles. The minimum Gasteiger partial charge on any atom is -0.657 e. The van der Waals surface area contributed by atoms with Crippen LogP contribution < -0.4 is 113 Å². The van der Waals surface area contributed by atoms with Crippen molar-refractivity contribution in [2.45, 2.75) is 0 Å². The Morgan fingerprint density at radius 3 is 1.79 bits per heavy atom. The number of hydrogen-bond donors (Lipinski definition) is 0. The number of rotatable bonds is 3. The van der Waals surface area contributed by atoms with E-state index in [0.717, 1.165) is 22.4 Å². The minimum atomic E-state index is 0. The summed E-state index contributed by atoms with van der Waals surface area (Å²) in [6.45, 7) is 0. The predicted octanol–water partition coefficient (Wildman–Crippen LogP) is 5.71. The third kappa shape index (κ3) is 8.65. The molecule has 4 heteroatoms. The van der Waals surface area contributed by atoms with E-state index in [1.807, 2.05) is 60.7 Å². The van der Waals surface area contributed by atoms with Crippen molar-refractivity contribution in [2.24, 2.45) is 0 Å². The van der Waals surface area contributed by atoms with Crippen LogP contribution in [0.1, 0.15) is 0 Å². The first-order valence-electron chi connectivity index (χ1n) is 15.4. The summed E-state index contributed by atoms with van der Waals surface area (Å²) in [6, 6.07) is 70.4. The van der Waals surface area contributed by atoms with Gasteiger partial charge in [0.1, 0.15) is 0 Å². The van der Waals surface area contributed by atoms with E-state index in [1.165, 1.54) is 38.0 Å². The van der Waals surface area contributed by atoms with E-state index in [0.29, 0.717) is 0 Å². The summed E-state index contributed by atoms with van der Waals surface area (Å²) < 4.78 is 0. The van der Waals surface area contributed by atoms with Gasteiger partial charge in [0, 0.05) is 16.8 Å². The maximum absolute atomic E-state index is 4.79. The van der Waals surface area contributed by atoms with Crippen LogP contribution in [0, 0.1) is 12.1 Å². The van der Waals surface area contributed by atoms with Crippen LogP contribution in [0.5, 0.6) is 0 Å². The van der Waals surface area contributed by atoms with Gasteiger partial charge in [-0.15, -0.1) is 58.2 Å². The van der Waals surface area contributed by atoms with E-state index in [-0.39, 0.29) is 103 Å². The first-order chi connectivity index (χ1) is 22.8. The topological polar surface area (TPSA) is 17.3 Å². The molecule has 0 fully saturated rings. The van der Waals surface area contributed by atoms with Gasteiger partial charge in [-0.3, -0.25) is 0 Å². The van der Waals surface area contributed by atoms with Crippen LogP contribution >= 0.6 is 0 Å². The number of nitrogens with zero attached hydrogens (tertiary/aromatic N) is 2. The molecule has 0 radical (unpaired) electrons. The van der Waals surface area contributed by atoms with Crippen LogP contribution in [0.15, 0.2) is 188 Å². The number of para-hydroxylation sites is 2. The summed E-state index contributed by atoms with van der Waals surface area (Å²) in [5.74, 6) is 0. The maximum atomic E-state index is 4.79. The Hall–Kier alpha value is -2.85.